The zero-order valence-corrected chi connectivity index (χ0v) is 6.61. The van der Waals surface area contributed by atoms with Crippen molar-refractivity contribution in [1.29, 1.82) is 0 Å². The van der Waals surface area contributed by atoms with Crippen LogP contribution in [0.5, 0.6) is 11.5 Å². The van der Waals surface area contributed by atoms with E-state index in [1.165, 1.54) is 6.92 Å². The third-order valence-electron chi connectivity index (χ3n) is 1.22. The molecule has 0 bridgehead atoms. The minimum atomic E-state index is -0.351. The van der Waals surface area contributed by atoms with E-state index in [4.69, 9.17) is 10.6 Å². The van der Waals surface area contributed by atoms with Crippen LogP contribution in [-0.4, -0.2) is 5.97 Å². The highest BCUT2D eigenvalue weighted by Crippen LogP contribution is 2.16. The lowest BCUT2D eigenvalue weighted by molar-refractivity contribution is -0.131. The molecule has 0 radical (unpaired) electrons. The largest absolute Gasteiger partial charge is 0.427 e. The number of carbonyl (C=O) groups excluding carboxylic acids is 1. The minimum absolute atomic E-state index is 0.351. The SMILES string of the molecule is CC(=O)Oc1ccc(ON)cc1. The summed E-state index contributed by atoms with van der Waals surface area (Å²) in [5, 5.41) is 0. The van der Waals surface area contributed by atoms with Crippen molar-refractivity contribution in [3.63, 3.8) is 0 Å². The zero-order valence-electron chi connectivity index (χ0n) is 6.61. The van der Waals surface area contributed by atoms with Crippen LogP contribution in [0.1, 0.15) is 6.92 Å². The fraction of sp³-hybridized carbons (Fsp3) is 0.125. The lowest BCUT2D eigenvalue weighted by Gasteiger charge is -2.01. The van der Waals surface area contributed by atoms with Crippen LogP contribution in [-0.2, 0) is 4.79 Å². The molecular formula is C8H9NO3. The normalized spacial score (nSPS) is 9.17. The molecule has 0 unspecified atom stereocenters. The van der Waals surface area contributed by atoms with Crippen molar-refractivity contribution in [2.24, 2.45) is 5.90 Å². The molecule has 0 aliphatic heterocycles. The average molecular weight is 167 g/mol. The number of nitrogens with two attached hydrogens (primary N) is 1. The van der Waals surface area contributed by atoms with E-state index in [2.05, 4.69) is 4.84 Å². The van der Waals surface area contributed by atoms with Gasteiger partial charge in [0.15, 0.2) is 0 Å². The molecule has 1 aromatic carbocycles. The van der Waals surface area contributed by atoms with Crippen LogP contribution < -0.4 is 15.5 Å². The van der Waals surface area contributed by atoms with Gasteiger partial charge in [-0.3, -0.25) is 4.79 Å². The standard InChI is InChI=1S/C8H9NO3/c1-6(10)11-7-2-4-8(12-9)5-3-7/h2-5H,9H2,1H3. The molecule has 0 fully saturated rings. The van der Waals surface area contributed by atoms with E-state index in [0.29, 0.717) is 11.5 Å². The third-order valence-corrected chi connectivity index (χ3v) is 1.22. The van der Waals surface area contributed by atoms with E-state index in [9.17, 15) is 4.79 Å². The van der Waals surface area contributed by atoms with Crippen LogP contribution in [0.4, 0.5) is 0 Å². The lowest BCUT2D eigenvalue weighted by atomic mass is 10.3. The van der Waals surface area contributed by atoms with Gasteiger partial charge in [0.1, 0.15) is 11.5 Å². The Bertz CT molecular complexity index is 268. The molecule has 4 heteroatoms. The molecule has 0 saturated carbocycles. The van der Waals surface area contributed by atoms with Gasteiger partial charge in [-0.25, -0.2) is 0 Å². The summed E-state index contributed by atoms with van der Waals surface area (Å²) in [7, 11) is 0. The summed E-state index contributed by atoms with van der Waals surface area (Å²) in [6.07, 6.45) is 0. The molecule has 1 aromatic rings. The van der Waals surface area contributed by atoms with Crippen molar-refractivity contribution < 1.29 is 14.4 Å². The first kappa shape index (κ1) is 8.55. The van der Waals surface area contributed by atoms with E-state index in [-0.39, 0.29) is 5.97 Å². The van der Waals surface area contributed by atoms with E-state index >= 15 is 0 Å². The molecule has 64 valence electrons. The zero-order chi connectivity index (χ0) is 8.97. The number of rotatable bonds is 2. The molecule has 0 saturated heterocycles. The summed E-state index contributed by atoms with van der Waals surface area (Å²) in [5.41, 5.74) is 0. The predicted octanol–water partition coefficient (Wildman–Crippen LogP) is 0.864. The molecule has 0 spiro atoms. The molecule has 12 heavy (non-hydrogen) atoms. The molecule has 0 atom stereocenters. The molecule has 4 nitrogen and oxygen atoms in total. The average Bonchev–Trinajstić information content (AvgIpc) is 2.05. The van der Waals surface area contributed by atoms with E-state index in [1.807, 2.05) is 0 Å². The Hall–Kier alpha value is -1.55. The maximum absolute atomic E-state index is 10.5. The van der Waals surface area contributed by atoms with Gasteiger partial charge >= 0.3 is 5.97 Å². The van der Waals surface area contributed by atoms with Crippen molar-refractivity contribution >= 4 is 5.97 Å². The Labute approximate surface area is 69.8 Å². The highest BCUT2D eigenvalue weighted by atomic mass is 16.6. The second-order valence-corrected chi connectivity index (χ2v) is 2.18. The smallest absolute Gasteiger partial charge is 0.308 e. The van der Waals surface area contributed by atoms with Crippen molar-refractivity contribution in [3.05, 3.63) is 24.3 Å². The van der Waals surface area contributed by atoms with E-state index in [0.717, 1.165) is 0 Å². The lowest BCUT2D eigenvalue weighted by Crippen LogP contribution is -2.03. The second-order valence-electron chi connectivity index (χ2n) is 2.18. The minimum Gasteiger partial charge on any atom is -0.427 e. The van der Waals surface area contributed by atoms with Crippen molar-refractivity contribution in [1.82, 2.24) is 0 Å². The number of hydrogen-bond acceptors (Lipinski definition) is 4. The summed E-state index contributed by atoms with van der Waals surface area (Å²) in [6, 6.07) is 6.42. The number of benzene rings is 1. The van der Waals surface area contributed by atoms with Crippen molar-refractivity contribution in [2.75, 3.05) is 0 Å². The monoisotopic (exact) mass is 167 g/mol. The van der Waals surface area contributed by atoms with Gasteiger partial charge in [-0.05, 0) is 24.3 Å². The number of hydrogen-bond donors (Lipinski definition) is 1. The molecule has 0 aliphatic carbocycles. The highest BCUT2D eigenvalue weighted by Gasteiger charge is 1.97. The molecular weight excluding hydrogens is 158 g/mol. The van der Waals surface area contributed by atoms with Gasteiger partial charge in [0, 0.05) is 6.92 Å². The van der Waals surface area contributed by atoms with Gasteiger partial charge in [-0.15, -0.1) is 0 Å². The maximum atomic E-state index is 10.5. The highest BCUT2D eigenvalue weighted by molar-refractivity contribution is 5.69. The topological polar surface area (TPSA) is 61.5 Å². The molecule has 0 aliphatic rings. The van der Waals surface area contributed by atoms with Crippen molar-refractivity contribution in [2.45, 2.75) is 6.92 Å². The van der Waals surface area contributed by atoms with Gasteiger partial charge in [0.25, 0.3) is 0 Å². The van der Waals surface area contributed by atoms with Gasteiger partial charge in [0.05, 0.1) is 0 Å². The number of carbonyl (C=O) groups is 1. The molecule has 0 aromatic heterocycles. The molecule has 0 amide bonds. The van der Waals surface area contributed by atoms with Crippen LogP contribution in [0.2, 0.25) is 0 Å². The first-order valence-electron chi connectivity index (χ1n) is 3.37. The van der Waals surface area contributed by atoms with Crippen LogP contribution in [0.15, 0.2) is 24.3 Å². The summed E-state index contributed by atoms with van der Waals surface area (Å²) < 4.78 is 4.78. The Kier molecular flexibility index (Phi) is 2.66. The first-order valence-corrected chi connectivity index (χ1v) is 3.37. The van der Waals surface area contributed by atoms with Crippen molar-refractivity contribution in [3.8, 4) is 11.5 Å². The van der Waals surface area contributed by atoms with E-state index < -0.39 is 0 Å². The molecule has 2 N–H and O–H groups in total. The summed E-state index contributed by atoms with van der Waals surface area (Å²) in [4.78, 5) is 14.9. The fourth-order valence-electron chi connectivity index (χ4n) is 0.752. The molecule has 1 rings (SSSR count). The maximum Gasteiger partial charge on any atom is 0.308 e. The summed E-state index contributed by atoms with van der Waals surface area (Å²) in [6.45, 7) is 1.34. The van der Waals surface area contributed by atoms with Crippen LogP contribution in [0.25, 0.3) is 0 Å². The van der Waals surface area contributed by atoms with Crippen LogP contribution in [0, 0.1) is 0 Å². The third kappa shape index (κ3) is 2.25. The fourth-order valence-corrected chi connectivity index (χ4v) is 0.752. The van der Waals surface area contributed by atoms with Crippen LogP contribution in [0.3, 0.4) is 0 Å². The second kappa shape index (κ2) is 3.73. The van der Waals surface area contributed by atoms with Gasteiger partial charge in [-0.1, -0.05) is 0 Å². The van der Waals surface area contributed by atoms with E-state index in [1.54, 1.807) is 24.3 Å². The van der Waals surface area contributed by atoms with Gasteiger partial charge in [0.2, 0.25) is 0 Å². The first-order chi connectivity index (χ1) is 5.72. The number of ether oxygens (including phenoxy) is 1. The quantitative estimate of drug-likeness (QED) is 0.403. The Morgan fingerprint density at radius 2 is 1.75 bits per heavy atom. The Balaban J connectivity index is 2.71. The van der Waals surface area contributed by atoms with Gasteiger partial charge in [-0.2, -0.15) is 5.90 Å². The Morgan fingerprint density at radius 3 is 2.17 bits per heavy atom. The summed E-state index contributed by atoms with van der Waals surface area (Å²) in [5.74, 6) is 5.54. The predicted molar refractivity (Wildman–Crippen MR) is 42.6 cm³/mol. The van der Waals surface area contributed by atoms with Crippen LogP contribution >= 0.6 is 0 Å². The molecule has 0 heterocycles. The van der Waals surface area contributed by atoms with Gasteiger partial charge < -0.3 is 9.57 Å². The Morgan fingerprint density at radius 1 is 1.25 bits per heavy atom. The number of esters is 1. The summed E-state index contributed by atoms with van der Waals surface area (Å²) >= 11 is 0.